The third-order valence-corrected chi connectivity index (χ3v) is 2.80. The molecule has 5 heteroatoms. The fraction of sp³-hybridized carbons (Fsp3) is 0.538. The maximum atomic E-state index is 5.74. The Morgan fingerprint density at radius 1 is 1.28 bits per heavy atom. The summed E-state index contributed by atoms with van der Waals surface area (Å²) in [5.74, 6) is 1.95. The molecular formula is C13H19NO4. The van der Waals surface area contributed by atoms with E-state index in [2.05, 4.69) is 5.32 Å². The average Bonchev–Trinajstić information content (AvgIpc) is 2.45. The fourth-order valence-corrected chi connectivity index (χ4v) is 1.88. The third kappa shape index (κ3) is 3.05. The lowest BCUT2D eigenvalue weighted by atomic mass is 10.3. The van der Waals surface area contributed by atoms with Crippen LogP contribution in [0.2, 0.25) is 0 Å². The summed E-state index contributed by atoms with van der Waals surface area (Å²) in [6.07, 6.45) is 0.0784. The lowest BCUT2D eigenvalue weighted by Gasteiger charge is -2.24. The molecule has 0 aliphatic carbocycles. The summed E-state index contributed by atoms with van der Waals surface area (Å²) in [6, 6.07) is 5.57. The van der Waals surface area contributed by atoms with Crippen molar-refractivity contribution in [3.63, 3.8) is 0 Å². The summed E-state index contributed by atoms with van der Waals surface area (Å²) in [5, 5.41) is 3.26. The van der Waals surface area contributed by atoms with Gasteiger partial charge in [-0.3, -0.25) is 0 Å². The Kier molecular flexibility index (Phi) is 4.66. The van der Waals surface area contributed by atoms with Gasteiger partial charge in [-0.2, -0.15) is 0 Å². The maximum absolute atomic E-state index is 5.74. The van der Waals surface area contributed by atoms with Crippen LogP contribution in [0.15, 0.2) is 18.2 Å². The van der Waals surface area contributed by atoms with Crippen molar-refractivity contribution in [3.05, 3.63) is 18.2 Å². The quantitative estimate of drug-likeness (QED) is 0.850. The van der Waals surface area contributed by atoms with Crippen LogP contribution < -0.4 is 19.5 Å². The zero-order valence-corrected chi connectivity index (χ0v) is 10.8. The minimum Gasteiger partial charge on any atom is -0.493 e. The van der Waals surface area contributed by atoms with Crippen LogP contribution in [-0.2, 0) is 4.74 Å². The van der Waals surface area contributed by atoms with Gasteiger partial charge in [0.25, 0.3) is 0 Å². The molecule has 0 aromatic heterocycles. The van der Waals surface area contributed by atoms with E-state index in [9.17, 15) is 0 Å². The van der Waals surface area contributed by atoms with Gasteiger partial charge in [0.2, 0.25) is 5.75 Å². The standard InChI is InChI=1S/C13H19NO4/c1-15-11-4-3-5-12(13(11)16-2)18-9-10-8-14-6-7-17-10/h3-5,10,14H,6-9H2,1-2H3. The SMILES string of the molecule is COc1cccc(OCC2CNCCO2)c1OC. The van der Waals surface area contributed by atoms with Gasteiger partial charge >= 0.3 is 0 Å². The van der Waals surface area contributed by atoms with Crippen LogP contribution in [0.4, 0.5) is 0 Å². The van der Waals surface area contributed by atoms with Crippen molar-refractivity contribution in [2.75, 3.05) is 40.5 Å². The number of para-hydroxylation sites is 1. The predicted octanol–water partition coefficient (Wildman–Crippen LogP) is 1.07. The Morgan fingerprint density at radius 2 is 2.11 bits per heavy atom. The number of hydrogen-bond donors (Lipinski definition) is 1. The minimum atomic E-state index is 0.0784. The van der Waals surface area contributed by atoms with Crippen molar-refractivity contribution in [1.29, 1.82) is 0 Å². The molecule has 0 spiro atoms. The van der Waals surface area contributed by atoms with E-state index in [1.165, 1.54) is 0 Å². The van der Waals surface area contributed by atoms with Gasteiger partial charge in [-0.1, -0.05) is 6.07 Å². The Hall–Kier alpha value is -1.46. The highest BCUT2D eigenvalue weighted by Gasteiger charge is 2.16. The van der Waals surface area contributed by atoms with E-state index in [0.29, 0.717) is 23.9 Å². The van der Waals surface area contributed by atoms with Gasteiger partial charge < -0.3 is 24.3 Å². The molecule has 1 heterocycles. The molecule has 1 aliphatic heterocycles. The Morgan fingerprint density at radius 3 is 2.78 bits per heavy atom. The summed E-state index contributed by atoms with van der Waals surface area (Å²) in [4.78, 5) is 0. The van der Waals surface area contributed by atoms with E-state index in [-0.39, 0.29) is 6.10 Å². The highest BCUT2D eigenvalue weighted by Crippen LogP contribution is 2.36. The highest BCUT2D eigenvalue weighted by molar-refractivity contribution is 5.51. The van der Waals surface area contributed by atoms with Crippen molar-refractivity contribution in [2.45, 2.75) is 6.10 Å². The third-order valence-electron chi connectivity index (χ3n) is 2.80. The number of ether oxygens (including phenoxy) is 4. The van der Waals surface area contributed by atoms with Crippen LogP contribution in [0, 0.1) is 0 Å². The number of hydrogen-bond acceptors (Lipinski definition) is 5. The van der Waals surface area contributed by atoms with Crippen molar-refractivity contribution in [2.24, 2.45) is 0 Å². The van der Waals surface area contributed by atoms with Gasteiger partial charge in [0.15, 0.2) is 11.5 Å². The molecule has 1 saturated heterocycles. The number of morpholine rings is 1. The molecule has 1 N–H and O–H groups in total. The second kappa shape index (κ2) is 6.47. The van der Waals surface area contributed by atoms with Crippen LogP contribution in [0.3, 0.4) is 0 Å². The van der Waals surface area contributed by atoms with Crippen LogP contribution in [-0.4, -0.2) is 46.6 Å². The molecule has 1 atom stereocenters. The topological polar surface area (TPSA) is 49.0 Å². The molecule has 1 aliphatic rings. The van der Waals surface area contributed by atoms with Gasteiger partial charge in [-0.05, 0) is 12.1 Å². The normalized spacial score (nSPS) is 19.3. The van der Waals surface area contributed by atoms with Crippen molar-refractivity contribution in [1.82, 2.24) is 5.32 Å². The first-order valence-corrected chi connectivity index (χ1v) is 6.01. The largest absolute Gasteiger partial charge is 0.493 e. The zero-order chi connectivity index (χ0) is 12.8. The molecule has 0 radical (unpaired) electrons. The van der Waals surface area contributed by atoms with E-state index >= 15 is 0 Å². The summed E-state index contributed by atoms with van der Waals surface area (Å²) < 4.78 is 21.8. The molecule has 0 bridgehead atoms. The van der Waals surface area contributed by atoms with Gasteiger partial charge in [0.1, 0.15) is 12.7 Å². The van der Waals surface area contributed by atoms with Crippen molar-refractivity contribution < 1.29 is 18.9 Å². The van der Waals surface area contributed by atoms with E-state index in [1.54, 1.807) is 14.2 Å². The zero-order valence-electron chi connectivity index (χ0n) is 10.8. The molecule has 5 nitrogen and oxygen atoms in total. The van der Waals surface area contributed by atoms with Crippen LogP contribution in [0.5, 0.6) is 17.2 Å². The summed E-state index contributed by atoms with van der Waals surface area (Å²) >= 11 is 0. The Bertz CT molecular complexity index is 377. The number of methoxy groups -OCH3 is 2. The lowest BCUT2D eigenvalue weighted by molar-refractivity contribution is -0.000326. The van der Waals surface area contributed by atoms with Crippen LogP contribution >= 0.6 is 0 Å². The van der Waals surface area contributed by atoms with Gasteiger partial charge in [-0.15, -0.1) is 0 Å². The Balaban J connectivity index is 1.99. The van der Waals surface area contributed by atoms with E-state index in [0.717, 1.165) is 19.7 Å². The van der Waals surface area contributed by atoms with Gasteiger partial charge in [0.05, 0.1) is 20.8 Å². The second-order valence-corrected chi connectivity index (χ2v) is 4.00. The molecule has 0 saturated carbocycles. The number of nitrogens with one attached hydrogen (secondary N) is 1. The highest BCUT2D eigenvalue weighted by atomic mass is 16.6. The first-order chi connectivity index (χ1) is 8.85. The molecule has 2 rings (SSSR count). The smallest absolute Gasteiger partial charge is 0.203 e. The Labute approximate surface area is 107 Å². The van der Waals surface area contributed by atoms with E-state index < -0.39 is 0 Å². The predicted molar refractivity (Wildman–Crippen MR) is 67.7 cm³/mol. The number of rotatable bonds is 5. The second-order valence-electron chi connectivity index (χ2n) is 4.00. The minimum absolute atomic E-state index is 0.0784. The summed E-state index contributed by atoms with van der Waals surface area (Å²) in [5.41, 5.74) is 0. The summed E-state index contributed by atoms with van der Waals surface area (Å²) in [6.45, 7) is 2.94. The van der Waals surface area contributed by atoms with Gasteiger partial charge in [-0.25, -0.2) is 0 Å². The molecule has 1 aromatic carbocycles. The molecule has 1 fully saturated rings. The van der Waals surface area contributed by atoms with Crippen LogP contribution in [0.25, 0.3) is 0 Å². The van der Waals surface area contributed by atoms with Crippen molar-refractivity contribution in [3.8, 4) is 17.2 Å². The molecule has 1 unspecified atom stereocenters. The van der Waals surface area contributed by atoms with Crippen molar-refractivity contribution >= 4 is 0 Å². The van der Waals surface area contributed by atoms with E-state index in [1.807, 2.05) is 18.2 Å². The molecule has 1 aromatic rings. The molecule has 18 heavy (non-hydrogen) atoms. The monoisotopic (exact) mass is 253 g/mol. The molecule has 100 valence electrons. The maximum Gasteiger partial charge on any atom is 0.203 e. The summed E-state index contributed by atoms with van der Waals surface area (Å²) in [7, 11) is 3.21. The molecular weight excluding hydrogens is 234 g/mol. The average molecular weight is 253 g/mol. The first kappa shape index (κ1) is 13.0. The fourth-order valence-electron chi connectivity index (χ4n) is 1.88. The van der Waals surface area contributed by atoms with Crippen LogP contribution in [0.1, 0.15) is 0 Å². The lowest BCUT2D eigenvalue weighted by Crippen LogP contribution is -2.41. The van der Waals surface area contributed by atoms with Gasteiger partial charge in [0, 0.05) is 13.1 Å². The van der Waals surface area contributed by atoms with E-state index in [4.69, 9.17) is 18.9 Å². The number of benzene rings is 1. The first-order valence-electron chi connectivity index (χ1n) is 6.01. The molecule has 0 amide bonds.